The Hall–Kier alpha value is -1.22. The SMILES string of the molecule is CC(C)CC[C@@H](N)c1cc(O)cc(O)c1. The molecule has 0 unspecified atom stereocenters. The van der Waals surface area contributed by atoms with Crippen molar-refractivity contribution in [1.82, 2.24) is 0 Å². The van der Waals surface area contributed by atoms with E-state index in [1.54, 1.807) is 12.1 Å². The Morgan fingerprint density at radius 2 is 1.60 bits per heavy atom. The van der Waals surface area contributed by atoms with Crippen molar-refractivity contribution in [3.05, 3.63) is 23.8 Å². The lowest BCUT2D eigenvalue weighted by Gasteiger charge is -2.14. The minimum Gasteiger partial charge on any atom is -0.508 e. The zero-order valence-electron chi connectivity index (χ0n) is 9.27. The summed E-state index contributed by atoms with van der Waals surface area (Å²) >= 11 is 0. The van der Waals surface area contributed by atoms with Gasteiger partial charge in [0.05, 0.1) is 0 Å². The molecule has 0 aromatic heterocycles. The Balaban J connectivity index is 2.68. The van der Waals surface area contributed by atoms with Crippen molar-refractivity contribution in [2.24, 2.45) is 11.7 Å². The molecule has 1 atom stereocenters. The van der Waals surface area contributed by atoms with Crippen molar-refractivity contribution >= 4 is 0 Å². The standard InChI is InChI=1S/C12H19NO2/c1-8(2)3-4-12(13)9-5-10(14)7-11(15)6-9/h5-8,12,14-15H,3-4,13H2,1-2H3/t12-/m1/s1. The third kappa shape index (κ3) is 3.80. The molecule has 0 spiro atoms. The van der Waals surface area contributed by atoms with E-state index in [1.165, 1.54) is 6.07 Å². The average Bonchev–Trinajstić information content (AvgIpc) is 2.12. The van der Waals surface area contributed by atoms with Crippen molar-refractivity contribution in [2.75, 3.05) is 0 Å². The van der Waals surface area contributed by atoms with E-state index in [1.807, 2.05) is 0 Å². The van der Waals surface area contributed by atoms with Gasteiger partial charge in [-0.2, -0.15) is 0 Å². The molecule has 1 aromatic rings. The second-order valence-corrected chi connectivity index (χ2v) is 4.36. The van der Waals surface area contributed by atoms with Crippen LogP contribution in [-0.4, -0.2) is 10.2 Å². The van der Waals surface area contributed by atoms with Crippen LogP contribution in [0.2, 0.25) is 0 Å². The summed E-state index contributed by atoms with van der Waals surface area (Å²) in [6, 6.07) is 4.39. The van der Waals surface area contributed by atoms with Gasteiger partial charge in [0.15, 0.2) is 0 Å². The first-order valence-corrected chi connectivity index (χ1v) is 5.27. The largest absolute Gasteiger partial charge is 0.508 e. The van der Waals surface area contributed by atoms with E-state index in [0.29, 0.717) is 5.92 Å². The summed E-state index contributed by atoms with van der Waals surface area (Å²) < 4.78 is 0. The maximum atomic E-state index is 9.30. The molecule has 15 heavy (non-hydrogen) atoms. The van der Waals surface area contributed by atoms with Crippen LogP contribution in [0.15, 0.2) is 18.2 Å². The lowest BCUT2D eigenvalue weighted by atomic mass is 9.98. The van der Waals surface area contributed by atoms with E-state index in [4.69, 9.17) is 5.73 Å². The molecular weight excluding hydrogens is 190 g/mol. The first-order valence-electron chi connectivity index (χ1n) is 5.27. The molecule has 3 nitrogen and oxygen atoms in total. The summed E-state index contributed by atoms with van der Waals surface area (Å²) in [5, 5.41) is 18.6. The van der Waals surface area contributed by atoms with Crippen LogP contribution in [0.4, 0.5) is 0 Å². The number of benzene rings is 1. The fourth-order valence-electron chi connectivity index (χ4n) is 1.51. The molecule has 4 N–H and O–H groups in total. The topological polar surface area (TPSA) is 66.5 Å². The van der Waals surface area contributed by atoms with Crippen LogP contribution in [0.5, 0.6) is 11.5 Å². The van der Waals surface area contributed by atoms with Crippen LogP contribution in [0.25, 0.3) is 0 Å². The summed E-state index contributed by atoms with van der Waals surface area (Å²) in [4.78, 5) is 0. The van der Waals surface area contributed by atoms with Crippen LogP contribution >= 0.6 is 0 Å². The van der Waals surface area contributed by atoms with Gasteiger partial charge in [0, 0.05) is 12.1 Å². The molecule has 84 valence electrons. The third-order valence-electron chi connectivity index (χ3n) is 2.41. The number of phenols is 2. The fraction of sp³-hybridized carbons (Fsp3) is 0.500. The van der Waals surface area contributed by atoms with Crippen LogP contribution in [0, 0.1) is 5.92 Å². The van der Waals surface area contributed by atoms with Gasteiger partial charge in [-0.25, -0.2) is 0 Å². The summed E-state index contributed by atoms with van der Waals surface area (Å²) in [6.45, 7) is 4.29. The van der Waals surface area contributed by atoms with E-state index in [0.717, 1.165) is 18.4 Å². The van der Waals surface area contributed by atoms with Crippen molar-refractivity contribution in [3.8, 4) is 11.5 Å². The number of hydrogen-bond acceptors (Lipinski definition) is 3. The Labute approximate surface area is 90.5 Å². The van der Waals surface area contributed by atoms with Gasteiger partial charge in [0.25, 0.3) is 0 Å². The quantitative estimate of drug-likeness (QED) is 0.713. The molecule has 1 aromatic carbocycles. The van der Waals surface area contributed by atoms with Gasteiger partial charge in [0.1, 0.15) is 11.5 Å². The fourth-order valence-corrected chi connectivity index (χ4v) is 1.51. The van der Waals surface area contributed by atoms with Crippen molar-refractivity contribution in [2.45, 2.75) is 32.7 Å². The second-order valence-electron chi connectivity index (χ2n) is 4.36. The van der Waals surface area contributed by atoms with E-state index < -0.39 is 0 Å². The molecule has 0 amide bonds. The Morgan fingerprint density at radius 1 is 1.07 bits per heavy atom. The normalized spacial score (nSPS) is 13.1. The van der Waals surface area contributed by atoms with Crippen LogP contribution < -0.4 is 5.73 Å². The third-order valence-corrected chi connectivity index (χ3v) is 2.41. The van der Waals surface area contributed by atoms with Gasteiger partial charge in [0.2, 0.25) is 0 Å². The molecule has 0 saturated heterocycles. The lowest BCUT2D eigenvalue weighted by molar-refractivity contribution is 0.445. The predicted molar refractivity (Wildman–Crippen MR) is 60.8 cm³/mol. The lowest BCUT2D eigenvalue weighted by Crippen LogP contribution is -2.11. The zero-order valence-corrected chi connectivity index (χ0v) is 9.27. The number of nitrogens with two attached hydrogens (primary N) is 1. The van der Waals surface area contributed by atoms with Crippen LogP contribution in [0.1, 0.15) is 38.3 Å². The monoisotopic (exact) mass is 209 g/mol. The highest BCUT2D eigenvalue weighted by Crippen LogP contribution is 2.26. The maximum absolute atomic E-state index is 9.30. The van der Waals surface area contributed by atoms with E-state index in [2.05, 4.69) is 13.8 Å². The van der Waals surface area contributed by atoms with Crippen molar-refractivity contribution in [3.63, 3.8) is 0 Å². The van der Waals surface area contributed by atoms with Crippen molar-refractivity contribution in [1.29, 1.82) is 0 Å². The minimum atomic E-state index is -0.120. The molecule has 0 heterocycles. The van der Waals surface area contributed by atoms with Crippen LogP contribution in [0.3, 0.4) is 0 Å². The molecule has 0 saturated carbocycles. The van der Waals surface area contributed by atoms with Crippen molar-refractivity contribution < 1.29 is 10.2 Å². The first kappa shape index (κ1) is 11.9. The second kappa shape index (κ2) is 5.03. The van der Waals surface area contributed by atoms with Gasteiger partial charge in [-0.1, -0.05) is 13.8 Å². The maximum Gasteiger partial charge on any atom is 0.119 e. The highest BCUT2D eigenvalue weighted by Gasteiger charge is 2.09. The van der Waals surface area contributed by atoms with Gasteiger partial charge >= 0.3 is 0 Å². The first-order chi connectivity index (χ1) is 6.99. The molecule has 0 radical (unpaired) electrons. The van der Waals surface area contributed by atoms with Gasteiger partial charge in [-0.05, 0) is 36.5 Å². The summed E-state index contributed by atoms with van der Waals surface area (Å²) in [7, 11) is 0. The zero-order chi connectivity index (χ0) is 11.4. The molecule has 3 heteroatoms. The predicted octanol–water partition coefficient (Wildman–Crippen LogP) is 2.53. The molecule has 0 aliphatic carbocycles. The molecule has 0 aliphatic heterocycles. The van der Waals surface area contributed by atoms with Gasteiger partial charge < -0.3 is 15.9 Å². The Bertz CT molecular complexity index is 303. The smallest absolute Gasteiger partial charge is 0.119 e. The molecule has 0 fully saturated rings. The van der Waals surface area contributed by atoms with Gasteiger partial charge in [-0.15, -0.1) is 0 Å². The Morgan fingerprint density at radius 3 is 2.07 bits per heavy atom. The minimum absolute atomic E-state index is 0.0602. The van der Waals surface area contributed by atoms with E-state index in [9.17, 15) is 10.2 Å². The molecule has 1 rings (SSSR count). The number of hydrogen-bond donors (Lipinski definition) is 3. The molecular formula is C12H19NO2. The summed E-state index contributed by atoms with van der Waals surface area (Å²) in [5.74, 6) is 0.733. The summed E-state index contributed by atoms with van der Waals surface area (Å²) in [6.07, 6.45) is 1.90. The highest BCUT2D eigenvalue weighted by atomic mass is 16.3. The average molecular weight is 209 g/mol. The molecule has 0 bridgehead atoms. The molecule has 0 aliphatic rings. The number of phenolic OH excluding ortho intramolecular Hbond substituents is 2. The highest BCUT2D eigenvalue weighted by molar-refractivity contribution is 5.37. The van der Waals surface area contributed by atoms with Gasteiger partial charge in [-0.3, -0.25) is 0 Å². The van der Waals surface area contributed by atoms with E-state index in [-0.39, 0.29) is 17.5 Å². The number of rotatable bonds is 4. The summed E-state index contributed by atoms with van der Waals surface area (Å²) in [5.41, 5.74) is 6.74. The Kier molecular flexibility index (Phi) is 3.97. The van der Waals surface area contributed by atoms with Crippen LogP contribution in [-0.2, 0) is 0 Å². The number of aromatic hydroxyl groups is 2. The van der Waals surface area contributed by atoms with E-state index >= 15 is 0 Å².